The summed E-state index contributed by atoms with van der Waals surface area (Å²) in [5, 5.41) is 54.9. The zero-order chi connectivity index (χ0) is 30.6. The first-order chi connectivity index (χ1) is 20.1. The monoisotopic (exact) mass is 586 g/mol. The Morgan fingerprint density at radius 3 is 2.26 bits per heavy atom. The predicted octanol–water partition coefficient (Wildman–Crippen LogP) is 2.40. The van der Waals surface area contributed by atoms with Gasteiger partial charge in [-0.05, 0) is 37.0 Å². The van der Waals surface area contributed by atoms with E-state index in [0.29, 0.717) is 29.4 Å². The van der Waals surface area contributed by atoms with Gasteiger partial charge in [0.1, 0.15) is 42.5 Å². The highest BCUT2D eigenvalue weighted by molar-refractivity contribution is 5.68. The Morgan fingerprint density at radius 1 is 0.952 bits per heavy atom. The molecule has 0 aliphatic carbocycles. The van der Waals surface area contributed by atoms with Crippen molar-refractivity contribution in [3.63, 3.8) is 0 Å². The van der Waals surface area contributed by atoms with Gasteiger partial charge in [-0.1, -0.05) is 44.2 Å². The number of ether oxygens (including phenoxy) is 4. The van der Waals surface area contributed by atoms with Gasteiger partial charge in [0.25, 0.3) is 0 Å². The number of aromatic nitrogens is 2. The Kier molecular flexibility index (Phi) is 10.5. The van der Waals surface area contributed by atoms with Crippen molar-refractivity contribution in [2.75, 3.05) is 26.9 Å². The van der Waals surface area contributed by atoms with Crippen LogP contribution in [-0.4, -0.2) is 92.9 Å². The third-order valence-electron chi connectivity index (χ3n) is 7.37. The molecule has 0 bridgehead atoms. The number of rotatable bonds is 12. The quantitative estimate of drug-likeness (QED) is 0.214. The molecule has 42 heavy (non-hydrogen) atoms. The van der Waals surface area contributed by atoms with E-state index in [1.165, 1.54) is 5.56 Å². The lowest BCUT2D eigenvalue weighted by molar-refractivity contribution is -0.278. The molecule has 1 fully saturated rings. The summed E-state index contributed by atoms with van der Waals surface area (Å²) in [4.78, 5) is 0. The van der Waals surface area contributed by atoms with Crippen LogP contribution in [0.1, 0.15) is 56.3 Å². The maximum absolute atomic E-state index is 10.7. The molecule has 4 rings (SSSR count). The second kappa shape index (κ2) is 13.9. The number of nitrogens with zero attached hydrogens (tertiary/aromatic N) is 2. The molecular weight excluding hydrogens is 544 g/mol. The minimum Gasteiger partial charge on any atom is -0.496 e. The van der Waals surface area contributed by atoms with E-state index >= 15 is 0 Å². The van der Waals surface area contributed by atoms with Crippen LogP contribution >= 0.6 is 0 Å². The van der Waals surface area contributed by atoms with Crippen LogP contribution in [0.2, 0.25) is 0 Å². The van der Waals surface area contributed by atoms with Crippen molar-refractivity contribution < 1.29 is 44.5 Å². The Bertz CT molecular complexity index is 1310. The summed E-state index contributed by atoms with van der Waals surface area (Å²) in [5.74, 6) is 1.63. The number of methoxy groups -OCH3 is 1. The number of benzene rings is 2. The second-order valence-corrected chi connectivity index (χ2v) is 11.0. The van der Waals surface area contributed by atoms with Gasteiger partial charge in [-0.3, -0.25) is 4.68 Å². The first kappa shape index (κ1) is 31.7. The Labute approximate surface area is 245 Å². The number of hydrogen-bond acceptors (Lipinski definition) is 10. The molecule has 1 aromatic heterocycles. The second-order valence-electron chi connectivity index (χ2n) is 11.0. The summed E-state index contributed by atoms with van der Waals surface area (Å²) in [6.45, 7) is 7.71. The maximum Gasteiger partial charge on any atom is 0.239 e. The standard InChI is InChI=1S/C31H42N2O9/c1-17(2)19-6-8-20(9-7-19)26-23(14-21-10-11-22(40-13-12-34)15-24(21)39-5)30(32-33(26)18(3)4)42-31-29(38)28(37)27(36)25(16-35)41-31/h6-11,15,17-18,25,27-29,31,34-38H,12-14,16H2,1-5H3/t25-,27-,28+,29-,31+/m1/s1. The molecule has 1 aliphatic heterocycles. The highest BCUT2D eigenvalue weighted by Crippen LogP contribution is 2.39. The summed E-state index contributed by atoms with van der Waals surface area (Å²) in [6, 6.07) is 13.5. The van der Waals surface area contributed by atoms with Gasteiger partial charge in [0, 0.05) is 29.7 Å². The van der Waals surface area contributed by atoms with E-state index < -0.39 is 37.3 Å². The maximum atomic E-state index is 10.7. The lowest BCUT2D eigenvalue weighted by Gasteiger charge is -2.39. The van der Waals surface area contributed by atoms with Crippen LogP contribution in [0.25, 0.3) is 11.3 Å². The number of aliphatic hydroxyl groups is 5. The number of hydrogen-bond donors (Lipinski definition) is 5. The average molecular weight is 587 g/mol. The van der Waals surface area contributed by atoms with Crippen LogP contribution in [0, 0.1) is 0 Å². The predicted molar refractivity (Wildman–Crippen MR) is 155 cm³/mol. The third-order valence-corrected chi connectivity index (χ3v) is 7.37. The topological polar surface area (TPSA) is 156 Å². The molecule has 1 aliphatic rings. The molecule has 5 atom stereocenters. The normalized spacial score (nSPS) is 22.5. The molecule has 0 spiro atoms. The Morgan fingerprint density at radius 2 is 1.67 bits per heavy atom. The summed E-state index contributed by atoms with van der Waals surface area (Å²) in [5.41, 5.74) is 4.37. The van der Waals surface area contributed by atoms with Crippen molar-refractivity contribution in [1.29, 1.82) is 0 Å². The van der Waals surface area contributed by atoms with Gasteiger partial charge in [-0.25, -0.2) is 0 Å². The molecule has 1 saturated heterocycles. The molecule has 0 unspecified atom stereocenters. The lowest BCUT2D eigenvalue weighted by Crippen LogP contribution is -2.60. The first-order valence-electron chi connectivity index (χ1n) is 14.2. The van der Waals surface area contributed by atoms with E-state index in [2.05, 4.69) is 26.0 Å². The van der Waals surface area contributed by atoms with Crippen LogP contribution in [0.5, 0.6) is 17.4 Å². The largest absolute Gasteiger partial charge is 0.496 e. The fourth-order valence-electron chi connectivity index (χ4n) is 5.00. The minimum absolute atomic E-state index is 0.0770. The van der Waals surface area contributed by atoms with Crippen molar-refractivity contribution in [3.8, 4) is 28.6 Å². The zero-order valence-corrected chi connectivity index (χ0v) is 24.7. The van der Waals surface area contributed by atoms with Crippen molar-refractivity contribution in [3.05, 3.63) is 59.2 Å². The average Bonchev–Trinajstić information content (AvgIpc) is 3.34. The molecule has 11 nitrogen and oxygen atoms in total. The summed E-state index contributed by atoms with van der Waals surface area (Å²) in [7, 11) is 1.56. The highest BCUT2D eigenvalue weighted by Gasteiger charge is 2.45. The molecule has 5 N–H and O–H groups in total. The fourth-order valence-corrected chi connectivity index (χ4v) is 5.00. The van der Waals surface area contributed by atoms with Gasteiger partial charge >= 0.3 is 0 Å². The Hall–Kier alpha value is -3.19. The molecule has 230 valence electrons. The van der Waals surface area contributed by atoms with Crippen LogP contribution < -0.4 is 14.2 Å². The van der Waals surface area contributed by atoms with Crippen molar-refractivity contribution in [2.24, 2.45) is 0 Å². The van der Waals surface area contributed by atoms with Gasteiger partial charge in [0.2, 0.25) is 12.2 Å². The van der Waals surface area contributed by atoms with Crippen molar-refractivity contribution in [1.82, 2.24) is 9.78 Å². The van der Waals surface area contributed by atoms with Gasteiger partial charge < -0.3 is 44.5 Å². The summed E-state index contributed by atoms with van der Waals surface area (Å²) in [6.07, 6.45) is -6.91. The molecule has 0 saturated carbocycles. The van der Waals surface area contributed by atoms with Gasteiger partial charge in [-0.15, -0.1) is 5.10 Å². The van der Waals surface area contributed by atoms with E-state index in [4.69, 9.17) is 29.2 Å². The van der Waals surface area contributed by atoms with Gasteiger partial charge in [0.05, 0.1) is 26.0 Å². The highest BCUT2D eigenvalue weighted by atomic mass is 16.7. The van der Waals surface area contributed by atoms with Crippen LogP contribution in [0.3, 0.4) is 0 Å². The van der Waals surface area contributed by atoms with Crippen LogP contribution in [0.15, 0.2) is 42.5 Å². The van der Waals surface area contributed by atoms with Gasteiger partial charge in [-0.2, -0.15) is 0 Å². The van der Waals surface area contributed by atoms with E-state index in [9.17, 15) is 20.4 Å². The number of aliphatic hydroxyl groups excluding tert-OH is 5. The van der Waals surface area contributed by atoms with Crippen molar-refractivity contribution >= 4 is 0 Å². The van der Waals surface area contributed by atoms with Crippen molar-refractivity contribution in [2.45, 2.75) is 76.8 Å². The molecule has 2 heterocycles. The van der Waals surface area contributed by atoms with E-state index in [1.807, 2.05) is 36.7 Å². The summed E-state index contributed by atoms with van der Waals surface area (Å²) >= 11 is 0. The SMILES string of the molecule is COc1cc(OCCO)ccc1Cc1c(O[C@@H]2O[C@H](CO)[C@@H](O)[C@H](O)[C@H]2O)nn(C(C)C)c1-c1ccc(C(C)C)cc1. The summed E-state index contributed by atoms with van der Waals surface area (Å²) < 4.78 is 24.9. The van der Waals surface area contributed by atoms with Crippen LogP contribution in [0.4, 0.5) is 0 Å². The molecule has 0 amide bonds. The first-order valence-corrected chi connectivity index (χ1v) is 14.2. The smallest absolute Gasteiger partial charge is 0.239 e. The molecule has 11 heteroatoms. The molecule has 2 aromatic carbocycles. The zero-order valence-electron chi connectivity index (χ0n) is 24.7. The molecular formula is C31H42N2O9. The minimum atomic E-state index is -1.59. The third kappa shape index (κ3) is 6.72. The van der Waals surface area contributed by atoms with E-state index in [1.54, 1.807) is 19.2 Å². The van der Waals surface area contributed by atoms with E-state index in [0.717, 1.165) is 16.8 Å². The Balaban J connectivity index is 1.83. The molecule has 0 radical (unpaired) electrons. The lowest BCUT2D eigenvalue weighted by atomic mass is 9.96. The fraction of sp³-hybridized carbons (Fsp3) is 0.516. The van der Waals surface area contributed by atoms with Crippen LogP contribution in [-0.2, 0) is 11.2 Å². The molecule has 3 aromatic rings. The van der Waals surface area contributed by atoms with Gasteiger partial charge in [0.15, 0.2) is 0 Å². The van der Waals surface area contributed by atoms with E-state index in [-0.39, 0.29) is 25.1 Å².